The number of nitrogens with zero attached hydrogens (tertiary/aromatic N) is 1. The molecule has 0 saturated carbocycles. The Kier molecular flexibility index (Phi) is 17.8. The van der Waals surface area contributed by atoms with Gasteiger partial charge in [-0.05, 0) is 74.9 Å². The van der Waals surface area contributed by atoms with Gasteiger partial charge in [-0.15, -0.1) is 0 Å². The molecule has 1 aliphatic heterocycles. The van der Waals surface area contributed by atoms with Crippen molar-refractivity contribution in [3.05, 3.63) is 176 Å². The van der Waals surface area contributed by atoms with Gasteiger partial charge in [0.05, 0.1) is 0 Å². The van der Waals surface area contributed by atoms with Crippen LogP contribution in [0, 0.1) is 0 Å². The molecule has 0 bridgehead atoms. The molecule has 283 valence electrons. The maximum Gasteiger partial charge on any atom is 0.673 e. The molecule has 5 aromatic carbocycles. The first-order valence-electron chi connectivity index (χ1n) is 17.8. The van der Waals surface area contributed by atoms with Gasteiger partial charge in [0.25, 0.3) is 0 Å². The molecule has 2 atom stereocenters. The number of carbonyl (C=O) groups is 1. The fourth-order valence-electron chi connectivity index (χ4n) is 6.44. The second-order valence-corrected chi connectivity index (χ2v) is 17.4. The summed E-state index contributed by atoms with van der Waals surface area (Å²) < 4.78 is 39.0. The zero-order chi connectivity index (χ0) is 37.3. The van der Waals surface area contributed by atoms with E-state index < -0.39 is 23.1 Å². The van der Waals surface area contributed by atoms with Gasteiger partial charge in [-0.2, -0.15) is 0 Å². The van der Waals surface area contributed by atoms with Gasteiger partial charge in [0.2, 0.25) is 0 Å². The fraction of sp³-hybridized carbons (Fsp3) is 0.186. The number of nitrogens with one attached hydrogen (secondary N) is 1. The van der Waals surface area contributed by atoms with Gasteiger partial charge in [-0.25, -0.2) is 4.79 Å². The predicted molar refractivity (Wildman–Crippen MR) is 220 cm³/mol. The molecule has 5 aromatic rings. The van der Waals surface area contributed by atoms with Crippen LogP contribution in [0.15, 0.2) is 176 Å². The minimum absolute atomic E-state index is 0. The third-order valence-corrected chi connectivity index (χ3v) is 14.7. The summed E-state index contributed by atoms with van der Waals surface area (Å²) in [7, 11) is -7.44. The summed E-state index contributed by atoms with van der Waals surface area (Å²) in [5, 5.41) is 8.61. The number of anilines is 1. The number of benzene rings is 5. The molecule has 2 amide bonds. The van der Waals surface area contributed by atoms with Gasteiger partial charge in [0, 0.05) is 49.6 Å². The molecule has 11 heteroatoms. The largest absolute Gasteiger partial charge is 0.673 e. The predicted octanol–water partition coefficient (Wildman–Crippen LogP) is 10.5. The second kappa shape index (κ2) is 22.5. The maximum absolute atomic E-state index is 13.7. The Hall–Kier alpha value is -3.88. The first-order chi connectivity index (χ1) is 25.8. The van der Waals surface area contributed by atoms with E-state index in [-0.39, 0.29) is 25.5 Å². The number of likely N-dealkylation sites (tertiary alicyclic amines) is 1. The summed E-state index contributed by atoms with van der Waals surface area (Å²) in [4.78, 5) is 15.8. The van der Waals surface area contributed by atoms with E-state index in [0.717, 1.165) is 18.8 Å². The van der Waals surface area contributed by atoms with Gasteiger partial charge >= 0.3 is 13.3 Å². The smallest absolute Gasteiger partial charge is 0.418 e. The van der Waals surface area contributed by atoms with Crippen LogP contribution in [-0.2, 0) is 19.5 Å². The van der Waals surface area contributed by atoms with Crippen LogP contribution in [-0.4, -0.2) is 42.6 Å². The summed E-state index contributed by atoms with van der Waals surface area (Å²) in [5.74, 6) is 0. The van der Waals surface area contributed by atoms with Gasteiger partial charge < -0.3 is 27.5 Å². The summed E-state index contributed by atoms with van der Waals surface area (Å²) in [6.07, 6.45) is 14.0. The van der Waals surface area contributed by atoms with Crippen LogP contribution in [0.1, 0.15) is 25.7 Å². The van der Waals surface area contributed by atoms with Crippen molar-refractivity contribution in [1.29, 1.82) is 0 Å². The Bertz CT molecular complexity index is 1660. The SMILES string of the molecule is C1=C\CC/C=C\CC/1.F[B-](F)(F)F.O=C(Nc1ccccc1)N1C[C@@H](P(c2ccccc2)c2ccccc2)[C@H](P(c2ccccc2)c2ccccc2)C1.[Rh]. The second-order valence-electron chi connectivity index (χ2n) is 12.5. The average Bonchev–Trinajstić information content (AvgIpc) is 3.58. The fourth-order valence-corrected chi connectivity index (χ4v) is 12.9. The molecule has 0 unspecified atom stereocenters. The molecular weight excluding hydrogens is 812 g/mol. The van der Waals surface area contributed by atoms with Crippen molar-refractivity contribution in [3.8, 4) is 0 Å². The van der Waals surface area contributed by atoms with E-state index in [1.165, 1.54) is 46.9 Å². The first kappa shape index (κ1) is 42.9. The van der Waals surface area contributed by atoms with Gasteiger partial charge in [0.15, 0.2) is 0 Å². The van der Waals surface area contributed by atoms with Crippen molar-refractivity contribution >= 4 is 56.0 Å². The molecule has 54 heavy (non-hydrogen) atoms. The van der Waals surface area contributed by atoms with E-state index >= 15 is 0 Å². The van der Waals surface area contributed by atoms with Crippen LogP contribution in [0.2, 0.25) is 0 Å². The molecule has 3 nitrogen and oxygen atoms in total. The Morgan fingerprint density at radius 1 is 0.500 bits per heavy atom. The summed E-state index contributed by atoms with van der Waals surface area (Å²) in [6, 6.07) is 53.5. The topological polar surface area (TPSA) is 32.3 Å². The van der Waals surface area contributed by atoms with Crippen molar-refractivity contribution in [2.24, 2.45) is 0 Å². The monoisotopic (exact) mass is 856 g/mol. The summed E-state index contributed by atoms with van der Waals surface area (Å²) in [5.41, 5.74) is 1.43. The number of para-hydroxylation sites is 1. The van der Waals surface area contributed by atoms with Crippen LogP contribution >= 0.6 is 15.8 Å². The molecule has 1 saturated heterocycles. The molecule has 7 rings (SSSR count). The molecule has 0 spiro atoms. The average molecular weight is 856 g/mol. The van der Waals surface area contributed by atoms with E-state index in [9.17, 15) is 22.1 Å². The summed E-state index contributed by atoms with van der Waals surface area (Å²) in [6.45, 7) is 1.44. The minimum Gasteiger partial charge on any atom is -0.418 e. The number of halogens is 4. The van der Waals surface area contributed by atoms with Crippen LogP contribution in [0.4, 0.5) is 27.7 Å². The van der Waals surface area contributed by atoms with Gasteiger partial charge in [-0.1, -0.05) is 164 Å². The van der Waals surface area contributed by atoms with Crippen molar-refractivity contribution in [2.75, 3.05) is 18.4 Å². The normalized spacial score (nSPS) is 17.7. The Morgan fingerprint density at radius 2 is 0.759 bits per heavy atom. The number of allylic oxidation sites excluding steroid dienone is 4. The van der Waals surface area contributed by atoms with Crippen LogP contribution in [0.3, 0.4) is 0 Å². The van der Waals surface area contributed by atoms with Crippen molar-refractivity contribution in [2.45, 2.75) is 37.0 Å². The van der Waals surface area contributed by atoms with E-state index in [4.69, 9.17) is 0 Å². The van der Waals surface area contributed by atoms with Crippen LogP contribution in [0.5, 0.6) is 0 Å². The Balaban J connectivity index is 0.000000396. The van der Waals surface area contributed by atoms with Crippen LogP contribution in [0.25, 0.3) is 0 Å². The molecule has 1 radical (unpaired) electrons. The number of amides is 2. The van der Waals surface area contributed by atoms with E-state index in [1.54, 1.807) is 0 Å². The third-order valence-electron chi connectivity index (χ3n) is 8.71. The summed E-state index contributed by atoms with van der Waals surface area (Å²) >= 11 is 0. The molecular formula is C43H44BF4N2OP2Rh-. The van der Waals surface area contributed by atoms with Crippen LogP contribution < -0.4 is 26.5 Å². The minimum atomic E-state index is -6.00. The van der Waals surface area contributed by atoms with E-state index in [1.807, 2.05) is 30.3 Å². The molecule has 1 N–H and O–H groups in total. The Labute approximate surface area is 332 Å². The van der Waals surface area contributed by atoms with Crippen molar-refractivity contribution in [1.82, 2.24) is 4.90 Å². The molecule has 1 fully saturated rings. The van der Waals surface area contributed by atoms with E-state index in [2.05, 4.69) is 156 Å². The third kappa shape index (κ3) is 13.8. The molecule has 2 aliphatic rings. The molecule has 1 aliphatic carbocycles. The zero-order valence-corrected chi connectivity index (χ0v) is 33.2. The molecule has 0 aromatic heterocycles. The Morgan fingerprint density at radius 3 is 1.04 bits per heavy atom. The maximum atomic E-state index is 13.7. The first-order valence-corrected chi connectivity index (χ1v) is 20.7. The number of urea groups is 1. The zero-order valence-electron chi connectivity index (χ0n) is 29.8. The van der Waals surface area contributed by atoms with Crippen molar-refractivity contribution in [3.63, 3.8) is 0 Å². The van der Waals surface area contributed by atoms with Crippen molar-refractivity contribution < 1.29 is 41.5 Å². The number of hydrogen-bond donors (Lipinski definition) is 1. The quantitative estimate of drug-likeness (QED) is 0.0752. The van der Waals surface area contributed by atoms with Gasteiger partial charge in [-0.3, -0.25) is 0 Å². The number of hydrogen-bond acceptors (Lipinski definition) is 1. The van der Waals surface area contributed by atoms with Gasteiger partial charge in [0.1, 0.15) is 0 Å². The number of rotatable bonds is 7. The standard InChI is InChI=1S/C35H32N2OP2.C8H12.BF4.Rh/c38-35(36-28-16-6-1-7-17-28)37-26-33(39(29-18-8-2-9-19-29)30-20-10-3-11-21-30)34(27-37)40(31-22-12-4-13-23-31)32-24-14-5-15-25-32;1-2-4-6-8-7-5-3-1;2-1(3,4)5;/h1-25,33-34H,26-27H2,(H,36,38);1-2,7-8H,3-6H2;;/q;;-1;/b;2-1-,8-7-;;/t33-,34-;;;/m1.../s1. The number of carbonyl (C=O) groups excluding carboxylic acids is 1. The molecule has 1 heterocycles. The van der Waals surface area contributed by atoms with E-state index in [0.29, 0.717) is 11.3 Å².